The topological polar surface area (TPSA) is 46.5 Å². The maximum Gasteiger partial charge on any atom is 1.00 e. The van der Waals surface area contributed by atoms with Crippen LogP contribution in [-0.4, -0.2) is 32.7 Å². The summed E-state index contributed by atoms with van der Waals surface area (Å²) in [5, 5.41) is 8.80. The molecule has 2 aliphatic carbocycles. The van der Waals surface area contributed by atoms with Crippen molar-refractivity contribution in [1.29, 1.82) is 0 Å². The van der Waals surface area contributed by atoms with Crippen LogP contribution in [0.25, 0.3) is 0 Å². The molecule has 2 aliphatic rings. The van der Waals surface area contributed by atoms with Crippen molar-refractivity contribution in [3.63, 3.8) is 0 Å². The molecule has 7 heteroatoms. The molecule has 2 aromatic rings. The number of aliphatic hydroxyl groups excluding tert-OH is 1. The van der Waals surface area contributed by atoms with Crippen molar-refractivity contribution in [3.05, 3.63) is 80.3 Å². The summed E-state index contributed by atoms with van der Waals surface area (Å²) in [4.78, 5) is 11.2. The molecule has 0 spiro atoms. The number of carbonyl (C=O) groups excluding carboxylic acids is 1. The number of rotatable bonds is 6. The van der Waals surface area contributed by atoms with Crippen molar-refractivity contribution in [2.24, 2.45) is 5.92 Å². The summed E-state index contributed by atoms with van der Waals surface area (Å²) in [5.41, 5.74) is 3.96. The van der Waals surface area contributed by atoms with Crippen LogP contribution in [0.3, 0.4) is 0 Å². The Morgan fingerprint density at radius 3 is 2.09 bits per heavy atom. The smallest absolute Gasteiger partial charge is 1.00 e. The van der Waals surface area contributed by atoms with Crippen LogP contribution in [0.4, 0.5) is 0 Å². The van der Waals surface area contributed by atoms with Crippen LogP contribution in [0.1, 0.15) is 63.4 Å². The van der Waals surface area contributed by atoms with E-state index in [0.717, 1.165) is 35.6 Å². The van der Waals surface area contributed by atoms with Gasteiger partial charge in [-0.1, -0.05) is 61.7 Å². The molecule has 0 unspecified atom stereocenters. The Kier molecular flexibility index (Phi) is 14.5. The Bertz CT molecular complexity index is 914. The number of benzene rings is 2. The van der Waals surface area contributed by atoms with Crippen molar-refractivity contribution < 1.29 is 45.6 Å². The minimum Gasteiger partial charge on any atom is -1.00 e. The van der Waals surface area contributed by atoms with Crippen LogP contribution >= 0.6 is 31.9 Å². The molecule has 0 aliphatic heterocycles. The van der Waals surface area contributed by atoms with Crippen LogP contribution in [0.2, 0.25) is 0 Å². The Hall–Kier alpha value is -0.365. The van der Waals surface area contributed by atoms with Gasteiger partial charge in [0.25, 0.3) is 0 Å². The number of ether oxygens (including phenoxy) is 1. The summed E-state index contributed by atoms with van der Waals surface area (Å²) in [5.74, 6) is 1.82. The molecule has 4 rings (SSSR count). The van der Waals surface area contributed by atoms with E-state index in [1.54, 1.807) is 6.08 Å². The summed E-state index contributed by atoms with van der Waals surface area (Å²) < 4.78 is 7.16. The SMILES string of the molecule is CCOC(=O)C=C1CC(c2cccc(Br)c2)C1.OCCC1CC(c2cccc(Br)c2)C1.[B].[H-].[Na+]. The number of carbonyl (C=O) groups is 1. The number of allylic oxidation sites excluding steroid dienone is 1. The molecule has 2 aromatic carbocycles. The van der Waals surface area contributed by atoms with E-state index in [2.05, 4.69) is 68.3 Å². The molecule has 0 aromatic heterocycles. The van der Waals surface area contributed by atoms with Crippen molar-refractivity contribution in [1.82, 2.24) is 0 Å². The van der Waals surface area contributed by atoms with Gasteiger partial charge in [-0.2, -0.15) is 0 Å². The van der Waals surface area contributed by atoms with Crippen LogP contribution in [0, 0.1) is 5.92 Å². The fourth-order valence-electron chi connectivity index (χ4n) is 4.22. The summed E-state index contributed by atoms with van der Waals surface area (Å²) >= 11 is 6.96. The number of hydrogen-bond acceptors (Lipinski definition) is 3. The van der Waals surface area contributed by atoms with Crippen molar-refractivity contribution >= 4 is 46.2 Å². The summed E-state index contributed by atoms with van der Waals surface area (Å²) in [7, 11) is 0. The van der Waals surface area contributed by atoms with Gasteiger partial charge in [-0.05, 0) is 92.2 Å². The normalized spacial score (nSPS) is 20.5. The zero-order valence-corrected chi connectivity index (χ0v) is 24.6. The second-order valence-electron chi connectivity index (χ2n) is 8.32. The molecule has 2 saturated carbocycles. The van der Waals surface area contributed by atoms with Gasteiger partial charge in [-0.3, -0.25) is 0 Å². The van der Waals surface area contributed by atoms with Crippen LogP contribution < -0.4 is 29.6 Å². The standard InChI is InChI=1S/C14H15BrO2.C12H15BrO.B.Na.H/c1-2-17-14(16)8-10-6-12(7-10)11-4-3-5-13(15)9-11;13-12-3-1-2-10(8-12)11-6-9(7-11)4-5-14;;;/h3-5,8-9,12H,2,6-7H2,1H3;1-3,8-9,11,14H,4-7H2;;;/q;;;+1;-1. The fourth-order valence-corrected chi connectivity index (χ4v) is 5.06. The van der Waals surface area contributed by atoms with E-state index in [4.69, 9.17) is 9.84 Å². The van der Waals surface area contributed by atoms with Gasteiger partial charge in [0.1, 0.15) is 0 Å². The quantitative estimate of drug-likeness (QED) is 0.319. The van der Waals surface area contributed by atoms with Crippen molar-refractivity contribution in [2.75, 3.05) is 13.2 Å². The molecule has 0 saturated heterocycles. The number of esters is 1. The van der Waals surface area contributed by atoms with E-state index in [1.807, 2.05) is 19.1 Å². The van der Waals surface area contributed by atoms with Gasteiger partial charge in [0.15, 0.2) is 0 Å². The molecule has 3 radical (unpaired) electrons. The first-order chi connectivity index (χ1) is 15.0. The van der Waals surface area contributed by atoms with Gasteiger partial charge in [0.2, 0.25) is 0 Å². The van der Waals surface area contributed by atoms with E-state index in [-0.39, 0.29) is 45.4 Å². The third kappa shape index (κ3) is 9.66. The second kappa shape index (κ2) is 15.6. The number of aliphatic hydroxyl groups is 1. The molecule has 0 bridgehead atoms. The van der Waals surface area contributed by atoms with Crippen LogP contribution in [0.5, 0.6) is 0 Å². The van der Waals surface area contributed by atoms with Gasteiger partial charge in [0, 0.05) is 30.0 Å². The molecule has 0 amide bonds. The molecule has 2 fully saturated rings. The average Bonchev–Trinajstić information content (AvgIpc) is 2.67. The second-order valence-corrected chi connectivity index (χ2v) is 10.1. The number of hydrogen-bond donors (Lipinski definition) is 1. The van der Waals surface area contributed by atoms with Gasteiger partial charge >= 0.3 is 35.5 Å². The van der Waals surface area contributed by atoms with E-state index < -0.39 is 0 Å². The van der Waals surface area contributed by atoms with Crippen LogP contribution in [-0.2, 0) is 9.53 Å². The molecular weight excluding hydrogens is 554 g/mol. The van der Waals surface area contributed by atoms with E-state index in [0.29, 0.717) is 19.1 Å². The molecule has 1 N–H and O–H groups in total. The minimum absolute atomic E-state index is 0. The van der Waals surface area contributed by atoms with Gasteiger partial charge < -0.3 is 11.3 Å². The fraction of sp³-hybridized carbons (Fsp3) is 0.423. The van der Waals surface area contributed by atoms with Gasteiger partial charge in [-0.15, -0.1) is 0 Å². The van der Waals surface area contributed by atoms with E-state index in [1.165, 1.54) is 34.0 Å². The summed E-state index contributed by atoms with van der Waals surface area (Å²) in [6.45, 7) is 2.61. The minimum atomic E-state index is -0.213. The molecule has 3 nitrogen and oxygen atoms in total. The Labute approximate surface area is 240 Å². The molecular formula is C26H31BBr2NaO3. The van der Waals surface area contributed by atoms with Gasteiger partial charge in [0.05, 0.1) is 6.61 Å². The zero-order chi connectivity index (χ0) is 22.2. The molecule has 0 atom stereocenters. The Morgan fingerprint density at radius 2 is 1.61 bits per heavy atom. The first-order valence-corrected chi connectivity index (χ1v) is 12.5. The molecule has 33 heavy (non-hydrogen) atoms. The third-order valence-corrected chi connectivity index (χ3v) is 7.03. The van der Waals surface area contributed by atoms with Crippen molar-refractivity contribution in [3.8, 4) is 0 Å². The Morgan fingerprint density at radius 1 is 1.06 bits per heavy atom. The largest absolute Gasteiger partial charge is 1.00 e. The summed E-state index contributed by atoms with van der Waals surface area (Å²) in [6.07, 6.45) is 7.04. The predicted molar refractivity (Wildman–Crippen MR) is 139 cm³/mol. The first-order valence-electron chi connectivity index (χ1n) is 11.0. The predicted octanol–water partition coefficient (Wildman–Crippen LogP) is 3.88. The van der Waals surface area contributed by atoms with Gasteiger partial charge in [-0.25, -0.2) is 4.79 Å². The average molecular weight is 585 g/mol. The zero-order valence-electron chi connectivity index (χ0n) is 20.5. The Balaban J connectivity index is 0.000000597. The van der Waals surface area contributed by atoms with E-state index in [9.17, 15) is 4.79 Å². The third-order valence-electron chi connectivity index (χ3n) is 6.04. The maximum atomic E-state index is 11.2. The maximum absolute atomic E-state index is 11.2. The first kappa shape index (κ1) is 30.7. The molecule has 171 valence electrons. The monoisotopic (exact) mass is 583 g/mol. The van der Waals surface area contributed by atoms with Crippen LogP contribution in [0.15, 0.2) is 69.1 Å². The molecule has 0 heterocycles. The van der Waals surface area contributed by atoms with E-state index >= 15 is 0 Å². The number of halogens is 2. The summed E-state index contributed by atoms with van der Waals surface area (Å²) in [6, 6.07) is 16.9. The van der Waals surface area contributed by atoms with Crippen molar-refractivity contribution in [2.45, 2.75) is 50.9 Å².